The lowest BCUT2D eigenvalue weighted by Crippen LogP contribution is -2.44. The Hall–Kier alpha value is -1.06. The Morgan fingerprint density at radius 3 is 2.65 bits per heavy atom. The highest BCUT2D eigenvalue weighted by Gasteiger charge is 2.19. The van der Waals surface area contributed by atoms with Crippen molar-refractivity contribution in [3.8, 4) is 0 Å². The van der Waals surface area contributed by atoms with Crippen LogP contribution in [0.2, 0.25) is 5.02 Å². The fraction of sp³-hybridized carbons (Fsp3) is 0.462. The Kier molecular flexibility index (Phi) is 4.97. The molecule has 0 heterocycles. The van der Waals surface area contributed by atoms with Crippen molar-refractivity contribution in [1.29, 1.82) is 0 Å². The lowest BCUT2D eigenvalue weighted by Gasteiger charge is -2.25. The minimum atomic E-state index is -0.396. The Bertz CT molecular complexity index is 391. The van der Waals surface area contributed by atoms with Crippen LogP contribution in [-0.2, 0) is 11.2 Å². The van der Waals surface area contributed by atoms with Gasteiger partial charge in [-0.15, -0.1) is 0 Å². The van der Waals surface area contributed by atoms with Gasteiger partial charge in [-0.3, -0.25) is 4.79 Å². The van der Waals surface area contributed by atoms with Gasteiger partial charge in [0.1, 0.15) is 0 Å². The molecular weight excluding hydrogens is 238 g/mol. The second kappa shape index (κ2) is 6.03. The SMILES string of the molecule is CC(C)(CCO)NC(=O)Cc1ccccc1Cl. The molecule has 0 atom stereocenters. The Morgan fingerprint density at radius 1 is 1.41 bits per heavy atom. The number of aliphatic hydroxyl groups is 1. The zero-order chi connectivity index (χ0) is 12.9. The van der Waals surface area contributed by atoms with Crippen LogP contribution in [-0.4, -0.2) is 23.2 Å². The molecule has 0 aliphatic heterocycles. The number of halogens is 1. The van der Waals surface area contributed by atoms with E-state index in [4.69, 9.17) is 16.7 Å². The smallest absolute Gasteiger partial charge is 0.224 e. The number of carbonyl (C=O) groups is 1. The standard InChI is InChI=1S/C13H18ClNO2/c1-13(2,7-8-16)15-12(17)9-10-5-3-4-6-11(10)14/h3-6,16H,7-9H2,1-2H3,(H,15,17). The van der Waals surface area contributed by atoms with E-state index < -0.39 is 5.54 Å². The van der Waals surface area contributed by atoms with Crippen molar-refractivity contribution in [3.63, 3.8) is 0 Å². The number of hydrogen-bond donors (Lipinski definition) is 2. The van der Waals surface area contributed by atoms with Gasteiger partial charge in [0.15, 0.2) is 0 Å². The first-order chi connectivity index (χ1) is 7.94. The van der Waals surface area contributed by atoms with Gasteiger partial charge in [-0.2, -0.15) is 0 Å². The lowest BCUT2D eigenvalue weighted by atomic mass is 10.0. The molecule has 0 aliphatic carbocycles. The van der Waals surface area contributed by atoms with Crippen molar-refractivity contribution in [2.24, 2.45) is 0 Å². The van der Waals surface area contributed by atoms with Crippen molar-refractivity contribution >= 4 is 17.5 Å². The van der Waals surface area contributed by atoms with Gasteiger partial charge in [-0.1, -0.05) is 29.8 Å². The summed E-state index contributed by atoms with van der Waals surface area (Å²) in [6.45, 7) is 3.82. The molecule has 0 saturated heterocycles. The van der Waals surface area contributed by atoms with E-state index in [9.17, 15) is 4.79 Å². The maximum atomic E-state index is 11.8. The Balaban J connectivity index is 2.59. The van der Waals surface area contributed by atoms with Crippen molar-refractivity contribution < 1.29 is 9.90 Å². The molecule has 1 aromatic rings. The van der Waals surface area contributed by atoms with Crippen LogP contribution >= 0.6 is 11.6 Å². The maximum absolute atomic E-state index is 11.8. The van der Waals surface area contributed by atoms with Gasteiger partial charge < -0.3 is 10.4 Å². The molecule has 17 heavy (non-hydrogen) atoms. The van der Waals surface area contributed by atoms with Crippen LogP contribution in [0.1, 0.15) is 25.8 Å². The molecular formula is C13H18ClNO2. The number of hydrogen-bond acceptors (Lipinski definition) is 2. The lowest BCUT2D eigenvalue weighted by molar-refractivity contribution is -0.122. The highest BCUT2D eigenvalue weighted by molar-refractivity contribution is 6.31. The van der Waals surface area contributed by atoms with Crippen LogP contribution in [0, 0.1) is 0 Å². The average Bonchev–Trinajstić information content (AvgIpc) is 2.20. The third-order valence-electron chi connectivity index (χ3n) is 2.52. The summed E-state index contributed by atoms with van der Waals surface area (Å²) in [5, 5.41) is 12.4. The Labute approximate surface area is 107 Å². The van der Waals surface area contributed by atoms with E-state index in [0.29, 0.717) is 11.4 Å². The monoisotopic (exact) mass is 255 g/mol. The first-order valence-electron chi connectivity index (χ1n) is 5.60. The predicted molar refractivity (Wildman–Crippen MR) is 69.1 cm³/mol. The van der Waals surface area contributed by atoms with Gasteiger partial charge in [-0.25, -0.2) is 0 Å². The van der Waals surface area contributed by atoms with Gasteiger partial charge >= 0.3 is 0 Å². The quantitative estimate of drug-likeness (QED) is 0.847. The van der Waals surface area contributed by atoms with Crippen LogP contribution in [0.5, 0.6) is 0 Å². The van der Waals surface area contributed by atoms with Gasteiger partial charge in [0.05, 0.1) is 6.42 Å². The zero-order valence-corrected chi connectivity index (χ0v) is 10.9. The fourth-order valence-corrected chi connectivity index (χ4v) is 1.78. The minimum Gasteiger partial charge on any atom is -0.396 e. The molecule has 0 radical (unpaired) electrons. The second-order valence-corrected chi connectivity index (χ2v) is 5.08. The third-order valence-corrected chi connectivity index (χ3v) is 2.89. The summed E-state index contributed by atoms with van der Waals surface area (Å²) in [5.41, 5.74) is 0.416. The highest BCUT2D eigenvalue weighted by Crippen LogP contribution is 2.16. The highest BCUT2D eigenvalue weighted by atomic mass is 35.5. The molecule has 3 nitrogen and oxygen atoms in total. The van der Waals surface area contributed by atoms with Crippen molar-refractivity contribution in [2.45, 2.75) is 32.2 Å². The third kappa shape index (κ3) is 4.75. The minimum absolute atomic E-state index is 0.0549. The van der Waals surface area contributed by atoms with E-state index in [1.807, 2.05) is 32.0 Å². The molecule has 0 spiro atoms. The number of nitrogens with one attached hydrogen (secondary N) is 1. The summed E-state index contributed by atoms with van der Waals surface area (Å²) in [7, 11) is 0. The zero-order valence-electron chi connectivity index (χ0n) is 10.2. The summed E-state index contributed by atoms with van der Waals surface area (Å²) in [5.74, 6) is -0.0865. The number of rotatable bonds is 5. The van der Waals surface area contributed by atoms with Crippen molar-refractivity contribution in [2.75, 3.05) is 6.61 Å². The van der Waals surface area contributed by atoms with E-state index in [-0.39, 0.29) is 18.9 Å². The van der Waals surface area contributed by atoms with E-state index in [2.05, 4.69) is 5.32 Å². The molecule has 0 aliphatic rings. The van der Waals surface area contributed by atoms with Gasteiger partial charge in [-0.05, 0) is 31.9 Å². The molecule has 4 heteroatoms. The molecule has 94 valence electrons. The molecule has 0 aromatic heterocycles. The van der Waals surface area contributed by atoms with Gasteiger partial charge in [0, 0.05) is 17.2 Å². The first-order valence-corrected chi connectivity index (χ1v) is 5.98. The van der Waals surface area contributed by atoms with Crippen LogP contribution in [0.15, 0.2) is 24.3 Å². The molecule has 0 fully saturated rings. The molecule has 1 amide bonds. The first kappa shape index (κ1) is 14.0. The van der Waals surface area contributed by atoms with Gasteiger partial charge in [0.2, 0.25) is 5.91 Å². The fourth-order valence-electron chi connectivity index (χ4n) is 1.58. The van der Waals surface area contributed by atoms with Crippen LogP contribution in [0.25, 0.3) is 0 Å². The second-order valence-electron chi connectivity index (χ2n) is 4.67. The van der Waals surface area contributed by atoms with E-state index in [0.717, 1.165) is 5.56 Å². The summed E-state index contributed by atoms with van der Waals surface area (Å²) in [4.78, 5) is 11.8. The average molecular weight is 256 g/mol. The van der Waals surface area contributed by atoms with Crippen LogP contribution < -0.4 is 5.32 Å². The van der Waals surface area contributed by atoms with Crippen molar-refractivity contribution in [1.82, 2.24) is 5.32 Å². The molecule has 0 unspecified atom stereocenters. The van der Waals surface area contributed by atoms with Crippen LogP contribution in [0.3, 0.4) is 0 Å². The molecule has 0 bridgehead atoms. The summed E-state index contributed by atoms with van der Waals surface area (Å²) >= 11 is 5.98. The Morgan fingerprint density at radius 2 is 2.06 bits per heavy atom. The number of carbonyl (C=O) groups excluding carboxylic acids is 1. The summed E-state index contributed by atoms with van der Waals surface area (Å²) < 4.78 is 0. The predicted octanol–water partition coefficient (Wildman–Crippen LogP) is 2.16. The topological polar surface area (TPSA) is 49.3 Å². The number of amides is 1. The molecule has 2 N–H and O–H groups in total. The normalized spacial score (nSPS) is 11.3. The molecule has 1 rings (SSSR count). The van der Waals surface area contributed by atoms with Crippen molar-refractivity contribution in [3.05, 3.63) is 34.9 Å². The van der Waals surface area contributed by atoms with E-state index in [1.54, 1.807) is 6.07 Å². The summed E-state index contributed by atoms with van der Waals surface area (Å²) in [6.07, 6.45) is 0.787. The maximum Gasteiger partial charge on any atom is 0.224 e. The number of aliphatic hydroxyl groups excluding tert-OH is 1. The summed E-state index contributed by atoms with van der Waals surface area (Å²) in [6, 6.07) is 7.29. The molecule has 1 aromatic carbocycles. The van der Waals surface area contributed by atoms with Gasteiger partial charge in [0.25, 0.3) is 0 Å². The van der Waals surface area contributed by atoms with E-state index in [1.165, 1.54) is 0 Å². The van der Waals surface area contributed by atoms with E-state index >= 15 is 0 Å². The number of benzene rings is 1. The van der Waals surface area contributed by atoms with Crippen LogP contribution in [0.4, 0.5) is 0 Å². The largest absolute Gasteiger partial charge is 0.396 e. The molecule has 0 saturated carbocycles.